The predicted molar refractivity (Wildman–Crippen MR) is 228 cm³/mol. The number of anilines is 3. The third kappa shape index (κ3) is 5.62. The Balaban J connectivity index is 1.11. The summed E-state index contributed by atoms with van der Waals surface area (Å²) in [5, 5.41) is 6.17. The molecule has 0 saturated carbocycles. The van der Waals surface area contributed by atoms with Gasteiger partial charge in [0.1, 0.15) is 11.3 Å². The SMILES string of the molecule is c1ccc(-c2ccccc2N(c2ccc(-c3ccc4c(ccc5ccccc54)c3)cc2)c2cccc(-c3oc4ccccc4c3-c3ccccc3)c2)cc1. The van der Waals surface area contributed by atoms with Crippen molar-refractivity contribution < 1.29 is 4.42 Å². The Labute approximate surface area is 314 Å². The molecule has 54 heavy (non-hydrogen) atoms. The molecule has 254 valence electrons. The van der Waals surface area contributed by atoms with Crippen LogP contribution in [0.3, 0.4) is 0 Å². The molecule has 0 atom stereocenters. The zero-order chi connectivity index (χ0) is 35.8. The molecule has 0 spiro atoms. The molecule has 0 N–H and O–H groups in total. The van der Waals surface area contributed by atoms with Gasteiger partial charge in [0, 0.05) is 33.5 Å². The Hall–Kier alpha value is -7.16. The predicted octanol–water partition coefficient (Wildman–Crippen LogP) is 14.9. The molecule has 9 aromatic carbocycles. The molecule has 2 nitrogen and oxygen atoms in total. The highest BCUT2D eigenvalue weighted by Crippen LogP contribution is 2.45. The molecule has 0 radical (unpaired) electrons. The number of benzene rings is 9. The molecular formula is C52H35NO. The largest absolute Gasteiger partial charge is 0.455 e. The molecule has 0 fully saturated rings. The van der Waals surface area contributed by atoms with E-state index in [-0.39, 0.29) is 0 Å². The molecule has 2 heteroatoms. The van der Waals surface area contributed by atoms with Gasteiger partial charge in [0.25, 0.3) is 0 Å². The topological polar surface area (TPSA) is 16.4 Å². The minimum absolute atomic E-state index is 0.861. The van der Waals surface area contributed by atoms with Crippen molar-refractivity contribution in [1.82, 2.24) is 0 Å². The molecule has 0 aliphatic carbocycles. The highest BCUT2D eigenvalue weighted by Gasteiger charge is 2.21. The third-order valence-corrected chi connectivity index (χ3v) is 10.5. The monoisotopic (exact) mass is 689 g/mol. The van der Waals surface area contributed by atoms with Crippen LogP contribution in [-0.4, -0.2) is 0 Å². The lowest BCUT2D eigenvalue weighted by Crippen LogP contribution is -2.11. The summed E-state index contributed by atoms with van der Waals surface area (Å²) in [6.45, 7) is 0. The van der Waals surface area contributed by atoms with Gasteiger partial charge >= 0.3 is 0 Å². The highest BCUT2D eigenvalue weighted by atomic mass is 16.3. The lowest BCUT2D eigenvalue weighted by molar-refractivity contribution is 0.632. The van der Waals surface area contributed by atoms with Gasteiger partial charge in [0.2, 0.25) is 0 Å². The second kappa shape index (κ2) is 13.4. The number of fused-ring (bicyclic) bond motifs is 4. The molecule has 0 saturated heterocycles. The minimum Gasteiger partial charge on any atom is -0.455 e. The molecule has 1 heterocycles. The van der Waals surface area contributed by atoms with E-state index in [1.807, 2.05) is 6.07 Å². The Morgan fingerprint density at radius 1 is 0.333 bits per heavy atom. The van der Waals surface area contributed by atoms with E-state index in [0.717, 1.165) is 56.0 Å². The second-order valence-corrected chi connectivity index (χ2v) is 13.7. The molecule has 0 aliphatic heterocycles. The van der Waals surface area contributed by atoms with Gasteiger partial charge in [-0.15, -0.1) is 0 Å². The zero-order valence-electron chi connectivity index (χ0n) is 29.6. The van der Waals surface area contributed by atoms with Crippen molar-refractivity contribution in [3.8, 4) is 44.7 Å². The molecule has 0 aliphatic rings. The van der Waals surface area contributed by atoms with E-state index in [4.69, 9.17) is 4.42 Å². The average Bonchev–Trinajstić information content (AvgIpc) is 3.65. The van der Waals surface area contributed by atoms with Crippen molar-refractivity contribution >= 4 is 49.6 Å². The summed E-state index contributed by atoms with van der Waals surface area (Å²) in [5.74, 6) is 0.861. The van der Waals surface area contributed by atoms with Crippen LogP contribution in [-0.2, 0) is 0 Å². The van der Waals surface area contributed by atoms with Gasteiger partial charge in [0.05, 0.1) is 5.69 Å². The number of para-hydroxylation sites is 2. The number of hydrogen-bond donors (Lipinski definition) is 0. The van der Waals surface area contributed by atoms with E-state index in [9.17, 15) is 0 Å². The summed E-state index contributed by atoms with van der Waals surface area (Å²) in [5.41, 5.74) is 12.0. The first kappa shape index (κ1) is 31.6. The van der Waals surface area contributed by atoms with Crippen LogP contribution in [0.5, 0.6) is 0 Å². The molecule has 0 amide bonds. The van der Waals surface area contributed by atoms with Crippen LogP contribution < -0.4 is 4.90 Å². The maximum atomic E-state index is 6.68. The Kier molecular flexibility index (Phi) is 7.85. The number of nitrogens with zero attached hydrogens (tertiary/aromatic N) is 1. The van der Waals surface area contributed by atoms with E-state index < -0.39 is 0 Å². The van der Waals surface area contributed by atoms with Crippen molar-refractivity contribution in [2.24, 2.45) is 0 Å². The van der Waals surface area contributed by atoms with Crippen LogP contribution in [0.15, 0.2) is 217 Å². The number of hydrogen-bond acceptors (Lipinski definition) is 2. The maximum absolute atomic E-state index is 6.68. The van der Waals surface area contributed by atoms with Crippen molar-refractivity contribution in [2.75, 3.05) is 4.90 Å². The highest BCUT2D eigenvalue weighted by molar-refractivity contribution is 6.08. The number of rotatable bonds is 7. The standard InChI is InChI=1S/C52H35NO/c1-3-14-37(15-4-1)47-22-9-11-24-49(47)53(43-31-28-36(29-32-43)40-30-33-46-41(34-40)27-26-38-16-7-8-21-45(38)46)44-20-13-19-42(35-44)52-51(39-17-5-2-6-18-39)48-23-10-12-25-50(48)54-52/h1-35H. The van der Waals surface area contributed by atoms with E-state index in [0.29, 0.717) is 0 Å². The molecule has 1 aromatic heterocycles. The van der Waals surface area contributed by atoms with E-state index in [2.05, 4.69) is 211 Å². The van der Waals surface area contributed by atoms with Gasteiger partial charge in [-0.1, -0.05) is 170 Å². The Morgan fingerprint density at radius 2 is 0.963 bits per heavy atom. The van der Waals surface area contributed by atoms with Gasteiger partial charge in [-0.25, -0.2) is 0 Å². The van der Waals surface area contributed by atoms with Gasteiger partial charge < -0.3 is 9.32 Å². The summed E-state index contributed by atoms with van der Waals surface area (Å²) in [7, 11) is 0. The fourth-order valence-corrected chi connectivity index (χ4v) is 7.88. The fourth-order valence-electron chi connectivity index (χ4n) is 7.88. The first-order valence-electron chi connectivity index (χ1n) is 18.4. The quantitative estimate of drug-likeness (QED) is 0.155. The Morgan fingerprint density at radius 3 is 1.80 bits per heavy atom. The second-order valence-electron chi connectivity index (χ2n) is 13.7. The van der Waals surface area contributed by atoms with Crippen LogP contribution in [0.2, 0.25) is 0 Å². The first-order valence-corrected chi connectivity index (χ1v) is 18.4. The van der Waals surface area contributed by atoms with Crippen LogP contribution >= 0.6 is 0 Å². The van der Waals surface area contributed by atoms with Gasteiger partial charge in [-0.3, -0.25) is 0 Å². The molecular weight excluding hydrogens is 655 g/mol. The first-order chi connectivity index (χ1) is 26.8. The van der Waals surface area contributed by atoms with Crippen LogP contribution in [0.1, 0.15) is 0 Å². The van der Waals surface area contributed by atoms with Crippen molar-refractivity contribution in [3.05, 3.63) is 212 Å². The lowest BCUT2D eigenvalue weighted by atomic mass is 9.97. The Bertz CT molecular complexity index is 2920. The summed E-state index contributed by atoms with van der Waals surface area (Å²) in [6, 6.07) is 75.7. The zero-order valence-corrected chi connectivity index (χ0v) is 29.6. The van der Waals surface area contributed by atoms with Gasteiger partial charge in [-0.05, 0) is 86.3 Å². The molecule has 10 aromatic rings. The van der Waals surface area contributed by atoms with Gasteiger partial charge in [0.15, 0.2) is 0 Å². The van der Waals surface area contributed by atoms with Crippen LogP contribution in [0.25, 0.3) is 77.2 Å². The fraction of sp³-hybridized carbons (Fsp3) is 0. The van der Waals surface area contributed by atoms with Gasteiger partial charge in [-0.2, -0.15) is 0 Å². The summed E-state index contributed by atoms with van der Waals surface area (Å²) < 4.78 is 6.68. The van der Waals surface area contributed by atoms with Crippen molar-refractivity contribution in [1.29, 1.82) is 0 Å². The van der Waals surface area contributed by atoms with Crippen LogP contribution in [0.4, 0.5) is 17.1 Å². The van der Waals surface area contributed by atoms with E-state index >= 15 is 0 Å². The summed E-state index contributed by atoms with van der Waals surface area (Å²) >= 11 is 0. The maximum Gasteiger partial charge on any atom is 0.143 e. The van der Waals surface area contributed by atoms with Crippen LogP contribution in [0, 0.1) is 0 Å². The van der Waals surface area contributed by atoms with E-state index in [1.54, 1.807) is 0 Å². The van der Waals surface area contributed by atoms with Crippen molar-refractivity contribution in [3.63, 3.8) is 0 Å². The minimum atomic E-state index is 0.861. The summed E-state index contributed by atoms with van der Waals surface area (Å²) in [4.78, 5) is 2.37. The van der Waals surface area contributed by atoms with E-state index in [1.165, 1.54) is 38.2 Å². The molecule has 0 unspecified atom stereocenters. The average molecular weight is 690 g/mol. The molecule has 0 bridgehead atoms. The lowest BCUT2D eigenvalue weighted by Gasteiger charge is -2.28. The normalized spacial score (nSPS) is 11.3. The third-order valence-electron chi connectivity index (χ3n) is 10.5. The summed E-state index contributed by atoms with van der Waals surface area (Å²) in [6.07, 6.45) is 0. The van der Waals surface area contributed by atoms with Crippen molar-refractivity contribution in [2.45, 2.75) is 0 Å². The smallest absolute Gasteiger partial charge is 0.143 e. The molecule has 10 rings (SSSR count). The number of furan rings is 1.